The summed E-state index contributed by atoms with van der Waals surface area (Å²) in [6.45, 7) is 5.98. The number of ether oxygens (including phenoxy) is 1. The van der Waals surface area contributed by atoms with E-state index in [1.54, 1.807) is 0 Å². The molecule has 2 aliphatic rings. The second-order valence-corrected chi connectivity index (χ2v) is 8.76. The van der Waals surface area contributed by atoms with Crippen LogP contribution < -0.4 is 10.1 Å². The van der Waals surface area contributed by atoms with Gasteiger partial charge in [-0.3, -0.25) is 14.6 Å². The van der Waals surface area contributed by atoms with Gasteiger partial charge in [-0.1, -0.05) is 48.5 Å². The first-order valence-electron chi connectivity index (χ1n) is 11.7. The van der Waals surface area contributed by atoms with Crippen LogP contribution in [0.3, 0.4) is 0 Å². The monoisotopic (exact) mass is 446 g/mol. The van der Waals surface area contributed by atoms with E-state index in [0.29, 0.717) is 24.7 Å². The van der Waals surface area contributed by atoms with Crippen LogP contribution in [-0.4, -0.2) is 59.5 Å². The third-order valence-corrected chi connectivity index (χ3v) is 6.35. The van der Waals surface area contributed by atoms with Gasteiger partial charge in [-0.05, 0) is 30.0 Å². The number of carbonyl (C=O) groups is 1. The zero-order valence-electron chi connectivity index (χ0n) is 18.8. The van der Waals surface area contributed by atoms with Gasteiger partial charge in [0.25, 0.3) is 5.91 Å². The number of hydrogen-bond acceptors (Lipinski definition) is 6. The minimum atomic E-state index is -0.222. The van der Waals surface area contributed by atoms with Crippen molar-refractivity contribution in [2.45, 2.75) is 32.0 Å². The standard InChI is InChI=1S/C26H30N4O3/c31-26(27-16-22-11-10-21-8-4-5-9-24(21)33-22)23-19-32-25(28-23)18-30-14-12-29(13-15-30)17-20-6-2-1-3-7-20/h1-9,19,22H,10-18H2,(H,27,31)/t22-/m1/s1. The van der Waals surface area contributed by atoms with Crippen molar-refractivity contribution in [3.63, 3.8) is 0 Å². The molecule has 7 heteroatoms. The Hall–Kier alpha value is -3.16. The van der Waals surface area contributed by atoms with Gasteiger partial charge in [-0.25, -0.2) is 4.98 Å². The first-order chi connectivity index (χ1) is 16.2. The molecule has 1 amide bonds. The smallest absolute Gasteiger partial charge is 0.273 e. The van der Waals surface area contributed by atoms with Crippen molar-refractivity contribution in [1.29, 1.82) is 0 Å². The number of hydrogen-bond donors (Lipinski definition) is 1. The van der Waals surface area contributed by atoms with Crippen LogP contribution in [0.4, 0.5) is 0 Å². The number of piperazine rings is 1. The lowest BCUT2D eigenvalue weighted by Crippen LogP contribution is -2.45. The number of fused-ring (bicyclic) bond motifs is 1. The second-order valence-electron chi connectivity index (χ2n) is 8.76. The van der Waals surface area contributed by atoms with E-state index in [9.17, 15) is 4.79 Å². The Morgan fingerprint density at radius 1 is 0.970 bits per heavy atom. The van der Waals surface area contributed by atoms with E-state index in [4.69, 9.17) is 9.15 Å². The van der Waals surface area contributed by atoms with Gasteiger partial charge in [-0.2, -0.15) is 0 Å². The lowest BCUT2D eigenvalue weighted by atomic mass is 10.0. The molecular weight excluding hydrogens is 416 g/mol. The molecule has 0 unspecified atom stereocenters. The van der Waals surface area contributed by atoms with Crippen molar-refractivity contribution >= 4 is 5.91 Å². The first kappa shape index (κ1) is 21.7. The summed E-state index contributed by atoms with van der Waals surface area (Å²) in [6, 6.07) is 18.6. The fraction of sp³-hybridized carbons (Fsp3) is 0.385. The van der Waals surface area contributed by atoms with E-state index in [2.05, 4.69) is 56.5 Å². The Kier molecular flexibility index (Phi) is 6.69. The lowest BCUT2D eigenvalue weighted by molar-refractivity contribution is 0.0913. The van der Waals surface area contributed by atoms with Crippen molar-refractivity contribution in [2.75, 3.05) is 32.7 Å². The van der Waals surface area contributed by atoms with E-state index < -0.39 is 0 Å². The number of nitrogens with zero attached hydrogens (tertiary/aromatic N) is 3. The van der Waals surface area contributed by atoms with Crippen molar-refractivity contribution in [3.8, 4) is 5.75 Å². The minimum Gasteiger partial charge on any atom is -0.488 e. The Morgan fingerprint density at radius 2 is 1.70 bits per heavy atom. The van der Waals surface area contributed by atoms with Crippen LogP contribution in [0.2, 0.25) is 0 Å². The van der Waals surface area contributed by atoms with Gasteiger partial charge in [0.05, 0.1) is 13.1 Å². The maximum absolute atomic E-state index is 12.5. The van der Waals surface area contributed by atoms with E-state index in [1.165, 1.54) is 17.4 Å². The molecular formula is C26H30N4O3. The molecule has 1 saturated heterocycles. The van der Waals surface area contributed by atoms with Gasteiger partial charge in [-0.15, -0.1) is 0 Å². The van der Waals surface area contributed by atoms with E-state index in [1.807, 2.05) is 18.2 Å². The average Bonchev–Trinajstić information content (AvgIpc) is 3.33. The number of aromatic nitrogens is 1. The number of amides is 1. The molecule has 0 bridgehead atoms. The third kappa shape index (κ3) is 5.61. The number of benzene rings is 2. The third-order valence-electron chi connectivity index (χ3n) is 6.35. The maximum Gasteiger partial charge on any atom is 0.273 e. The van der Waals surface area contributed by atoms with Crippen molar-refractivity contribution in [1.82, 2.24) is 20.1 Å². The predicted octanol–water partition coefficient (Wildman–Crippen LogP) is 3.12. The molecule has 0 spiro atoms. The number of para-hydroxylation sites is 1. The molecule has 2 aromatic carbocycles. The number of rotatable bonds is 7. The Balaban J connectivity index is 1.06. The van der Waals surface area contributed by atoms with Gasteiger partial charge in [0.2, 0.25) is 5.89 Å². The van der Waals surface area contributed by atoms with Crippen LogP contribution in [-0.2, 0) is 19.5 Å². The molecule has 0 saturated carbocycles. The largest absolute Gasteiger partial charge is 0.488 e. The molecule has 1 fully saturated rings. The molecule has 2 aliphatic heterocycles. The van der Waals surface area contributed by atoms with Gasteiger partial charge < -0.3 is 14.5 Å². The lowest BCUT2D eigenvalue weighted by Gasteiger charge is -2.34. The van der Waals surface area contributed by atoms with Crippen LogP contribution >= 0.6 is 0 Å². The second kappa shape index (κ2) is 10.2. The van der Waals surface area contributed by atoms with Gasteiger partial charge in [0, 0.05) is 32.7 Å². The number of aryl methyl sites for hydroxylation is 1. The highest BCUT2D eigenvalue weighted by atomic mass is 16.5. The van der Waals surface area contributed by atoms with E-state index in [-0.39, 0.29) is 12.0 Å². The molecule has 3 heterocycles. The van der Waals surface area contributed by atoms with Gasteiger partial charge in [0.15, 0.2) is 5.69 Å². The fourth-order valence-corrected chi connectivity index (χ4v) is 4.45. The van der Waals surface area contributed by atoms with Crippen LogP contribution in [0, 0.1) is 0 Å². The molecule has 33 heavy (non-hydrogen) atoms. The topological polar surface area (TPSA) is 70.8 Å². The molecule has 1 aromatic heterocycles. The zero-order chi connectivity index (χ0) is 22.5. The molecule has 0 aliphatic carbocycles. The molecule has 172 valence electrons. The Bertz CT molecular complexity index is 1060. The van der Waals surface area contributed by atoms with Gasteiger partial charge in [0.1, 0.15) is 18.1 Å². The van der Waals surface area contributed by atoms with Crippen LogP contribution in [0.15, 0.2) is 65.3 Å². The summed E-state index contributed by atoms with van der Waals surface area (Å²) in [7, 11) is 0. The number of nitrogens with one attached hydrogen (secondary N) is 1. The summed E-state index contributed by atoms with van der Waals surface area (Å²) in [5.74, 6) is 1.27. The van der Waals surface area contributed by atoms with Crippen molar-refractivity contribution < 1.29 is 13.9 Å². The minimum absolute atomic E-state index is 0.0256. The number of oxazole rings is 1. The molecule has 5 rings (SSSR count). The summed E-state index contributed by atoms with van der Waals surface area (Å²) in [4.78, 5) is 21.7. The van der Waals surface area contributed by atoms with Gasteiger partial charge >= 0.3 is 0 Å². The molecule has 0 radical (unpaired) electrons. The zero-order valence-corrected chi connectivity index (χ0v) is 18.8. The molecule has 1 atom stereocenters. The summed E-state index contributed by atoms with van der Waals surface area (Å²) in [5, 5.41) is 2.94. The molecule has 7 nitrogen and oxygen atoms in total. The van der Waals surface area contributed by atoms with Crippen LogP contribution in [0.25, 0.3) is 0 Å². The Morgan fingerprint density at radius 3 is 2.52 bits per heavy atom. The summed E-state index contributed by atoms with van der Waals surface area (Å²) in [6.07, 6.45) is 3.27. The highest BCUT2D eigenvalue weighted by Gasteiger charge is 2.22. The average molecular weight is 447 g/mol. The van der Waals surface area contributed by atoms with E-state index in [0.717, 1.165) is 51.3 Å². The van der Waals surface area contributed by atoms with E-state index >= 15 is 0 Å². The van der Waals surface area contributed by atoms with Crippen LogP contribution in [0.1, 0.15) is 33.9 Å². The maximum atomic E-state index is 12.5. The molecule has 3 aromatic rings. The van der Waals surface area contributed by atoms with Crippen molar-refractivity contribution in [3.05, 3.63) is 83.6 Å². The number of carbonyl (C=O) groups excluding carboxylic acids is 1. The quantitative estimate of drug-likeness (QED) is 0.601. The summed E-state index contributed by atoms with van der Waals surface area (Å²) >= 11 is 0. The normalized spacial score (nSPS) is 19.0. The predicted molar refractivity (Wildman–Crippen MR) is 125 cm³/mol. The fourth-order valence-electron chi connectivity index (χ4n) is 4.45. The summed E-state index contributed by atoms with van der Waals surface area (Å²) < 4.78 is 11.6. The summed E-state index contributed by atoms with van der Waals surface area (Å²) in [5.41, 5.74) is 2.89. The molecule has 1 N–H and O–H groups in total. The SMILES string of the molecule is O=C(NC[C@H]1CCc2ccccc2O1)c1coc(CN2CCN(Cc3ccccc3)CC2)n1. The highest BCUT2D eigenvalue weighted by molar-refractivity contribution is 5.91. The first-order valence-corrected chi connectivity index (χ1v) is 11.7. The highest BCUT2D eigenvalue weighted by Crippen LogP contribution is 2.26. The van der Waals surface area contributed by atoms with Crippen molar-refractivity contribution in [2.24, 2.45) is 0 Å². The van der Waals surface area contributed by atoms with Crippen LogP contribution in [0.5, 0.6) is 5.75 Å². The Labute approximate surface area is 194 Å².